The molecule has 140 valence electrons. The fourth-order valence-electron chi connectivity index (χ4n) is 3.42. The Labute approximate surface area is 153 Å². The van der Waals surface area contributed by atoms with Crippen LogP contribution in [0.3, 0.4) is 0 Å². The van der Waals surface area contributed by atoms with Gasteiger partial charge in [-0.15, -0.1) is 0 Å². The minimum absolute atomic E-state index is 0.0800. The summed E-state index contributed by atoms with van der Waals surface area (Å²) in [5.41, 5.74) is 0. The maximum Gasteiger partial charge on any atom is 0.289 e. The predicted molar refractivity (Wildman–Crippen MR) is 97.6 cm³/mol. The number of carbonyl (C=O) groups excluding carboxylic acids is 1. The fourth-order valence-corrected chi connectivity index (χ4v) is 3.42. The summed E-state index contributed by atoms with van der Waals surface area (Å²) in [6, 6.07) is 9.55. The van der Waals surface area contributed by atoms with E-state index in [9.17, 15) is 9.18 Å². The van der Waals surface area contributed by atoms with Gasteiger partial charge in [-0.05, 0) is 49.2 Å². The summed E-state index contributed by atoms with van der Waals surface area (Å²) in [5.74, 6) is 1.09. The lowest BCUT2D eigenvalue weighted by Crippen LogP contribution is -2.37. The van der Waals surface area contributed by atoms with E-state index in [0.29, 0.717) is 17.3 Å². The summed E-state index contributed by atoms with van der Waals surface area (Å²) in [6.45, 7) is 0.200. The fraction of sp³-hybridized carbons (Fsp3) is 0.476. The van der Waals surface area contributed by atoms with E-state index in [4.69, 9.17) is 9.15 Å². The van der Waals surface area contributed by atoms with Crippen LogP contribution in [0.25, 0.3) is 0 Å². The Morgan fingerprint density at radius 2 is 1.73 bits per heavy atom. The molecule has 1 amide bonds. The quantitative estimate of drug-likeness (QED) is 0.738. The van der Waals surface area contributed by atoms with Crippen molar-refractivity contribution in [2.45, 2.75) is 57.6 Å². The van der Waals surface area contributed by atoms with Crippen LogP contribution >= 0.6 is 0 Å². The van der Waals surface area contributed by atoms with E-state index in [0.717, 1.165) is 12.8 Å². The van der Waals surface area contributed by atoms with E-state index >= 15 is 0 Å². The molecule has 0 atom stereocenters. The first-order valence-electron chi connectivity index (χ1n) is 9.38. The number of hydrogen-bond donors (Lipinski definition) is 0. The SMILES string of the molecule is CN(C(=O)c1ccc(COc2ccc(F)cc2)o1)C1CCCCCCC1. The highest BCUT2D eigenvalue weighted by molar-refractivity contribution is 5.91. The number of ether oxygens (including phenoxy) is 1. The number of nitrogens with zero attached hydrogens (tertiary/aromatic N) is 1. The molecule has 0 saturated heterocycles. The molecule has 5 heteroatoms. The molecule has 3 rings (SSSR count). The lowest BCUT2D eigenvalue weighted by Gasteiger charge is -2.29. The molecule has 1 aliphatic carbocycles. The van der Waals surface area contributed by atoms with E-state index < -0.39 is 0 Å². The van der Waals surface area contributed by atoms with Crippen molar-refractivity contribution in [2.24, 2.45) is 0 Å². The van der Waals surface area contributed by atoms with Crippen LogP contribution in [-0.4, -0.2) is 23.9 Å². The zero-order chi connectivity index (χ0) is 18.4. The molecule has 26 heavy (non-hydrogen) atoms. The molecule has 1 saturated carbocycles. The molecule has 2 aromatic rings. The first-order chi connectivity index (χ1) is 12.6. The zero-order valence-electron chi connectivity index (χ0n) is 15.2. The third-order valence-electron chi connectivity index (χ3n) is 5.01. The monoisotopic (exact) mass is 359 g/mol. The minimum atomic E-state index is -0.305. The third-order valence-corrected chi connectivity index (χ3v) is 5.01. The van der Waals surface area contributed by atoms with Crippen LogP contribution in [0.1, 0.15) is 61.3 Å². The van der Waals surface area contributed by atoms with E-state index in [2.05, 4.69) is 0 Å². The minimum Gasteiger partial charge on any atom is -0.486 e. The topological polar surface area (TPSA) is 42.7 Å². The van der Waals surface area contributed by atoms with Gasteiger partial charge in [0.25, 0.3) is 5.91 Å². The predicted octanol–water partition coefficient (Wildman–Crippen LogP) is 5.18. The molecule has 0 spiro atoms. The standard InChI is InChI=1S/C21H26FNO3/c1-23(17-7-5-3-2-4-6-8-17)21(24)20-14-13-19(26-20)15-25-18-11-9-16(22)10-12-18/h9-14,17H,2-8,15H2,1H3. The Balaban J connectivity index is 1.57. The van der Waals surface area contributed by atoms with Crippen LogP contribution in [0, 0.1) is 5.82 Å². The second-order valence-electron chi connectivity index (χ2n) is 6.92. The van der Waals surface area contributed by atoms with Crippen molar-refractivity contribution in [3.05, 3.63) is 53.7 Å². The molecule has 1 aliphatic rings. The van der Waals surface area contributed by atoms with Gasteiger partial charge in [0.05, 0.1) is 0 Å². The lowest BCUT2D eigenvalue weighted by atomic mass is 9.96. The summed E-state index contributed by atoms with van der Waals surface area (Å²) in [5, 5.41) is 0. The highest BCUT2D eigenvalue weighted by atomic mass is 19.1. The largest absolute Gasteiger partial charge is 0.486 e. The summed E-state index contributed by atoms with van der Waals surface area (Å²) >= 11 is 0. The number of halogens is 1. The second-order valence-corrected chi connectivity index (χ2v) is 6.92. The first-order valence-corrected chi connectivity index (χ1v) is 9.38. The zero-order valence-corrected chi connectivity index (χ0v) is 15.2. The van der Waals surface area contributed by atoms with Gasteiger partial charge in [0.2, 0.25) is 0 Å². The number of carbonyl (C=O) groups is 1. The molecule has 4 nitrogen and oxygen atoms in total. The first kappa shape index (κ1) is 18.5. The molecule has 1 fully saturated rings. The Bertz CT molecular complexity index is 702. The molecule has 0 bridgehead atoms. The van der Waals surface area contributed by atoms with Gasteiger partial charge in [-0.1, -0.05) is 32.1 Å². The van der Waals surface area contributed by atoms with Gasteiger partial charge in [-0.2, -0.15) is 0 Å². The molecular formula is C21H26FNO3. The van der Waals surface area contributed by atoms with Crippen molar-refractivity contribution >= 4 is 5.91 Å². The Morgan fingerprint density at radius 1 is 1.08 bits per heavy atom. The molecular weight excluding hydrogens is 333 g/mol. The van der Waals surface area contributed by atoms with Crippen LogP contribution in [-0.2, 0) is 6.61 Å². The van der Waals surface area contributed by atoms with E-state index in [1.807, 2.05) is 11.9 Å². The average molecular weight is 359 g/mol. The average Bonchev–Trinajstić information content (AvgIpc) is 3.09. The highest BCUT2D eigenvalue weighted by Crippen LogP contribution is 2.23. The van der Waals surface area contributed by atoms with Crippen molar-refractivity contribution in [2.75, 3.05) is 7.05 Å². The maximum absolute atomic E-state index is 12.9. The molecule has 0 radical (unpaired) electrons. The van der Waals surface area contributed by atoms with E-state index in [1.54, 1.807) is 24.3 Å². The number of hydrogen-bond acceptors (Lipinski definition) is 3. The number of benzene rings is 1. The van der Waals surface area contributed by atoms with Crippen LogP contribution in [0.5, 0.6) is 5.75 Å². The van der Waals surface area contributed by atoms with Gasteiger partial charge in [0, 0.05) is 13.1 Å². The van der Waals surface area contributed by atoms with E-state index in [1.165, 1.54) is 44.2 Å². The van der Waals surface area contributed by atoms with Gasteiger partial charge in [0.1, 0.15) is 23.9 Å². The van der Waals surface area contributed by atoms with Gasteiger partial charge in [-0.25, -0.2) is 4.39 Å². The summed E-state index contributed by atoms with van der Waals surface area (Å²) in [6.07, 6.45) is 8.29. The van der Waals surface area contributed by atoms with Crippen molar-refractivity contribution < 1.29 is 18.3 Å². The number of amides is 1. The number of furan rings is 1. The Kier molecular flexibility index (Phi) is 6.31. The molecule has 1 heterocycles. The Morgan fingerprint density at radius 3 is 2.42 bits per heavy atom. The van der Waals surface area contributed by atoms with Gasteiger partial charge < -0.3 is 14.1 Å². The number of rotatable bonds is 5. The van der Waals surface area contributed by atoms with Gasteiger partial charge in [0.15, 0.2) is 5.76 Å². The molecule has 1 aromatic heterocycles. The molecule has 0 N–H and O–H groups in total. The lowest BCUT2D eigenvalue weighted by molar-refractivity contribution is 0.0670. The van der Waals surface area contributed by atoms with Crippen molar-refractivity contribution in [1.82, 2.24) is 4.90 Å². The van der Waals surface area contributed by atoms with Crippen LogP contribution in [0.15, 0.2) is 40.8 Å². The molecule has 0 unspecified atom stereocenters. The smallest absolute Gasteiger partial charge is 0.289 e. The van der Waals surface area contributed by atoms with Gasteiger partial charge >= 0.3 is 0 Å². The highest BCUT2D eigenvalue weighted by Gasteiger charge is 2.23. The van der Waals surface area contributed by atoms with Gasteiger partial charge in [-0.3, -0.25) is 4.79 Å². The van der Waals surface area contributed by atoms with E-state index in [-0.39, 0.29) is 24.4 Å². The van der Waals surface area contributed by atoms with Crippen molar-refractivity contribution in [3.63, 3.8) is 0 Å². The summed E-state index contributed by atoms with van der Waals surface area (Å²) in [4.78, 5) is 14.5. The summed E-state index contributed by atoms with van der Waals surface area (Å²) in [7, 11) is 1.87. The maximum atomic E-state index is 12.9. The summed E-state index contributed by atoms with van der Waals surface area (Å²) < 4.78 is 24.1. The molecule has 0 aliphatic heterocycles. The van der Waals surface area contributed by atoms with Crippen LogP contribution < -0.4 is 4.74 Å². The van der Waals surface area contributed by atoms with Crippen LogP contribution in [0.2, 0.25) is 0 Å². The van der Waals surface area contributed by atoms with Crippen LogP contribution in [0.4, 0.5) is 4.39 Å². The molecule has 1 aromatic carbocycles. The second kappa shape index (κ2) is 8.88. The normalized spacial score (nSPS) is 15.9. The van der Waals surface area contributed by atoms with Crippen molar-refractivity contribution in [1.29, 1.82) is 0 Å². The van der Waals surface area contributed by atoms with Crippen molar-refractivity contribution in [3.8, 4) is 5.75 Å². The third kappa shape index (κ3) is 4.87. The Hall–Kier alpha value is -2.30.